The SMILES string of the molecule is CCS(=O)(=O)CCOc1ccc(S(=O)(=O)N(Cc2ccc(C)o2)C(C)C)cc1. The minimum Gasteiger partial charge on any atom is -0.493 e. The number of nitrogens with zero attached hydrogens (tertiary/aromatic N) is 1. The van der Waals surface area contributed by atoms with Gasteiger partial charge in [0, 0.05) is 11.8 Å². The Balaban J connectivity index is 2.12. The van der Waals surface area contributed by atoms with Crippen LogP contribution in [0.4, 0.5) is 0 Å². The van der Waals surface area contributed by atoms with Crippen molar-refractivity contribution in [2.75, 3.05) is 18.1 Å². The molecular weight excluding hydrogens is 402 g/mol. The maximum atomic E-state index is 13.0. The van der Waals surface area contributed by atoms with Crippen molar-refractivity contribution in [1.29, 1.82) is 0 Å². The van der Waals surface area contributed by atoms with Crippen LogP contribution in [0.25, 0.3) is 0 Å². The molecule has 0 radical (unpaired) electrons. The lowest BCUT2D eigenvalue weighted by Crippen LogP contribution is -2.36. The Kier molecular flexibility index (Phi) is 7.30. The molecule has 0 saturated carbocycles. The summed E-state index contributed by atoms with van der Waals surface area (Å²) in [6.07, 6.45) is 0. The van der Waals surface area contributed by atoms with E-state index in [2.05, 4.69) is 0 Å². The lowest BCUT2D eigenvalue weighted by Gasteiger charge is -2.25. The highest BCUT2D eigenvalue weighted by molar-refractivity contribution is 7.91. The summed E-state index contributed by atoms with van der Waals surface area (Å²) in [6.45, 7) is 7.17. The van der Waals surface area contributed by atoms with Crippen LogP contribution < -0.4 is 4.74 Å². The predicted molar refractivity (Wildman–Crippen MR) is 108 cm³/mol. The summed E-state index contributed by atoms with van der Waals surface area (Å²) in [5, 5.41) is 0. The van der Waals surface area contributed by atoms with Gasteiger partial charge in [0.1, 0.15) is 23.9 Å². The Hall–Kier alpha value is -1.84. The molecule has 7 nitrogen and oxygen atoms in total. The van der Waals surface area contributed by atoms with E-state index in [1.807, 2.05) is 6.92 Å². The molecule has 2 rings (SSSR count). The third-order valence-corrected chi connectivity index (χ3v) is 7.92. The van der Waals surface area contributed by atoms with Crippen LogP contribution in [-0.4, -0.2) is 45.3 Å². The first kappa shape index (κ1) is 22.4. The summed E-state index contributed by atoms with van der Waals surface area (Å²) >= 11 is 0. The zero-order chi connectivity index (χ0) is 20.9. The van der Waals surface area contributed by atoms with Crippen molar-refractivity contribution in [2.45, 2.75) is 45.2 Å². The largest absolute Gasteiger partial charge is 0.493 e. The Morgan fingerprint density at radius 3 is 2.18 bits per heavy atom. The molecular formula is C19H27NO6S2. The molecule has 0 aliphatic rings. The molecule has 0 aliphatic heterocycles. The van der Waals surface area contributed by atoms with Gasteiger partial charge in [-0.05, 0) is 57.2 Å². The van der Waals surface area contributed by atoms with Gasteiger partial charge >= 0.3 is 0 Å². The third kappa shape index (κ3) is 5.83. The maximum Gasteiger partial charge on any atom is 0.243 e. The molecule has 0 unspecified atom stereocenters. The number of hydrogen-bond acceptors (Lipinski definition) is 6. The van der Waals surface area contributed by atoms with Gasteiger partial charge in [-0.25, -0.2) is 16.8 Å². The second kappa shape index (κ2) is 9.11. The third-order valence-electron chi connectivity index (χ3n) is 4.22. The predicted octanol–water partition coefficient (Wildman–Crippen LogP) is 3.00. The van der Waals surface area contributed by atoms with E-state index in [-0.39, 0.29) is 35.6 Å². The first-order valence-corrected chi connectivity index (χ1v) is 12.3. The topological polar surface area (TPSA) is 93.9 Å². The number of benzene rings is 1. The molecule has 1 aromatic heterocycles. The second-order valence-corrected chi connectivity index (χ2v) is 11.1. The zero-order valence-electron chi connectivity index (χ0n) is 16.6. The summed E-state index contributed by atoms with van der Waals surface area (Å²) < 4.78 is 61.4. The van der Waals surface area contributed by atoms with Crippen molar-refractivity contribution in [2.24, 2.45) is 0 Å². The number of ether oxygens (including phenoxy) is 1. The second-order valence-electron chi connectivity index (χ2n) is 6.71. The molecule has 0 fully saturated rings. The van der Waals surface area contributed by atoms with Crippen LogP contribution in [0.3, 0.4) is 0 Å². The number of sulfone groups is 1. The minimum absolute atomic E-state index is 0.0260. The molecule has 9 heteroatoms. The molecule has 2 aromatic rings. The molecule has 0 amide bonds. The Bertz CT molecular complexity index is 976. The van der Waals surface area contributed by atoms with Gasteiger partial charge in [0.2, 0.25) is 10.0 Å². The Labute approximate surface area is 167 Å². The molecule has 0 N–H and O–H groups in total. The average Bonchev–Trinajstić information content (AvgIpc) is 3.05. The van der Waals surface area contributed by atoms with Gasteiger partial charge in [-0.2, -0.15) is 4.31 Å². The number of sulfonamides is 1. The van der Waals surface area contributed by atoms with E-state index in [0.29, 0.717) is 11.5 Å². The summed E-state index contributed by atoms with van der Waals surface area (Å²) in [4.78, 5) is 0.137. The molecule has 1 aromatic carbocycles. The van der Waals surface area contributed by atoms with Crippen LogP contribution in [0, 0.1) is 6.92 Å². The van der Waals surface area contributed by atoms with Crippen LogP contribution in [0.5, 0.6) is 5.75 Å². The molecule has 0 bridgehead atoms. The van der Waals surface area contributed by atoms with Crippen molar-refractivity contribution >= 4 is 19.9 Å². The van der Waals surface area contributed by atoms with Gasteiger partial charge in [0.05, 0.1) is 17.2 Å². The van der Waals surface area contributed by atoms with Crippen molar-refractivity contribution in [3.05, 3.63) is 47.9 Å². The monoisotopic (exact) mass is 429 g/mol. The normalized spacial score (nSPS) is 12.6. The highest BCUT2D eigenvalue weighted by Gasteiger charge is 2.28. The lowest BCUT2D eigenvalue weighted by molar-refractivity contribution is 0.314. The highest BCUT2D eigenvalue weighted by Crippen LogP contribution is 2.24. The van der Waals surface area contributed by atoms with E-state index in [9.17, 15) is 16.8 Å². The van der Waals surface area contributed by atoms with Crippen LogP contribution in [0.2, 0.25) is 0 Å². The summed E-state index contributed by atoms with van der Waals surface area (Å²) in [5.74, 6) is 1.71. The quantitative estimate of drug-likeness (QED) is 0.576. The van der Waals surface area contributed by atoms with Crippen molar-refractivity contribution < 1.29 is 26.0 Å². The molecule has 0 saturated heterocycles. The Morgan fingerprint density at radius 1 is 1.04 bits per heavy atom. The van der Waals surface area contributed by atoms with Gasteiger partial charge < -0.3 is 9.15 Å². The van der Waals surface area contributed by atoms with Gasteiger partial charge in [-0.1, -0.05) is 6.92 Å². The van der Waals surface area contributed by atoms with E-state index in [0.717, 1.165) is 5.76 Å². The first-order chi connectivity index (χ1) is 13.0. The molecule has 1 heterocycles. The minimum atomic E-state index is -3.73. The summed E-state index contributed by atoms with van der Waals surface area (Å²) in [6, 6.07) is 9.28. The number of furan rings is 1. The van der Waals surface area contributed by atoms with E-state index in [4.69, 9.17) is 9.15 Å². The van der Waals surface area contributed by atoms with E-state index in [1.165, 1.54) is 28.6 Å². The number of rotatable bonds is 10. The number of aryl methyl sites for hydroxylation is 1. The van der Waals surface area contributed by atoms with Gasteiger partial charge in [-0.15, -0.1) is 0 Å². The van der Waals surface area contributed by atoms with Crippen LogP contribution in [0.1, 0.15) is 32.3 Å². The molecule has 28 heavy (non-hydrogen) atoms. The van der Waals surface area contributed by atoms with Crippen LogP contribution in [0.15, 0.2) is 45.7 Å². The average molecular weight is 430 g/mol. The molecule has 0 spiro atoms. The number of hydrogen-bond donors (Lipinski definition) is 0. The molecule has 0 atom stereocenters. The zero-order valence-corrected chi connectivity index (χ0v) is 18.2. The Morgan fingerprint density at radius 2 is 1.68 bits per heavy atom. The van der Waals surface area contributed by atoms with Gasteiger partial charge in [-0.3, -0.25) is 0 Å². The van der Waals surface area contributed by atoms with E-state index in [1.54, 1.807) is 32.9 Å². The first-order valence-electron chi connectivity index (χ1n) is 9.05. The van der Waals surface area contributed by atoms with Gasteiger partial charge in [0.25, 0.3) is 0 Å². The van der Waals surface area contributed by atoms with Crippen molar-refractivity contribution in [1.82, 2.24) is 4.31 Å². The van der Waals surface area contributed by atoms with Gasteiger partial charge in [0.15, 0.2) is 9.84 Å². The standard InChI is InChI=1S/C19H27NO6S2/c1-5-27(21,22)13-12-25-17-8-10-19(11-9-17)28(23,24)20(15(2)3)14-18-7-6-16(4)26-18/h6-11,15H,5,12-14H2,1-4H3. The molecule has 156 valence electrons. The fraction of sp³-hybridized carbons (Fsp3) is 0.474. The summed E-state index contributed by atoms with van der Waals surface area (Å²) in [5.41, 5.74) is 0. The fourth-order valence-corrected chi connectivity index (χ4v) is 4.77. The summed E-state index contributed by atoms with van der Waals surface area (Å²) in [7, 11) is -6.84. The van der Waals surface area contributed by atoms with Crippen molar-refractivity contribution in [3.8, 4) is 5.75 Å². The van der Waals surface area contributed by atoms with E-state index < -0.39 is 19.9 Å². The maximum absolute atomic E-state index is 13.0. The smallest absolute Gasteiger partial charge is 0.243 e. The van der Waals surface area contributed by atoms with E-state index >= 15 is 0 Å². The highest BCUT2D eigenvalue weighted by atomic mass is 32.2. The lowest BCUT2D eigenvalue weighted by atomic mass is 10.3. The van der Waals surface area contributed by atoms with Crippen LogP contribution in [-0.2, 0) is 26.4 Å². The van der Waals surface area contributed by atoms with Crippen molar-refractivity contribution in [3.63, 3.8) is 0 Å². The van der Waals surface area contributed by atoms with Crippen LogP contribution >= 0.6 is 0 Å². The molecule has 0 aliphatic carbocycles. The fourth-order valence-electron chi connectivity index (χ4n) is 2.54.